The first-order valence-corrected chi connectivity index (χ1v) is 9.29. The highest BCUT2D eigenvalue weighted by atomic mass is 16.5. The lowest BCUT2D eigenvalue weighted by Gasteiger charge is -2.39. The molecule has 138 valence electrons. The molecular formula is C22H27NO3. The van der Waals surface area contributed by atoms with Gasteiger partial charge in [0.2, 0.25) is 0 Å². The molecule has 1 fully saturated rings. The van der Waals surface area contributed by atoms with Crippen LogP contribution in [-0.4, -0.2) is 42.5 Å². The monoisotopic (exact) mass is 353 g/mol. The highest BCUT2D eigenvalue weighted by Gasteiger charge is 2.35. The lowest BCUT2D eigenvalue weighted by molar-refractivity contribution is -0.0275. The second-order valence-electron chi connectivity index (χ2n) is 6.97. The number of piperidine rings is 1. The Morgan fingerprint density at radius 3 is 2.42 bits per heavy atom. The molecule has 1 N–H and O–H groups in total. The number of methoxy groups -OCH3 is 1. The maximum atomic E-state index is 12.2. The normalized spacial score (nSPS) is 17.0. The molecule has 4 heteroatoms. The minimum atomic E-state index is -0.830. The van der Waals surface area contributed by atoms with Crippen molar-refractivity contribution in [3.63, 3.8) is 0 Å². The fourth-order valence-electron chi connectivity index (χ4n) is 3.68. The van der Waals surface area contributed by atoms with Gasteiger partial charge in [-0.05, 0) is 31.9 Å². The van der Waals surface area contributed by atoms with Crippen LogP contribution in [0.4, 0.5) is 0 Å². The number of ether oxygens (including phenoxy) is 1. The van der Waals surface area contributed by atoms with Crippen LogP contribution in [0.3, 0.4) is 0 Å². The Morgan fingerprint density at radius 1 is 1.08 bits per heavy atom. The number of Topliss-reactive ketones (excluding diaryl/α,β-unsaturated/α-hetero) is 1. The SMILES string of the molecule is COc1ccccc1C1(O)CCN(CCCC(=O)c2ccccc2)CC1. The topological polar surface area (TPSA) is 49.8 Å². The highest BCUT2D eigenvalue weighted by Crippen LogP contribution is 2.37. The zero-order chi connectivity index (χ0) is 18.4. The number of carbonyl (C=O) groups is 1. The summed E-state index contributed by atoms with van der Waals surface area (Å²) < 4.78 is 5.41. The van der Waals surface area contributed by atoms with Gasteiger partial charge in [0.1, 0.15) is 5.75 Å². The molecule has 1 aliphatic heterocycles. The summed E-state index contributed by atoms with van der Waals surface area (Å²) in [4.78, 5) is 14.5. The molecule has 0 radical (unpaired) electrons. The summed E-state index contributed by atoms with van der Waals surface area (Å²) in [5, 5.41) is 11.1. The van der Waals surface area contributed by atoms with Gasteiger partial charge in [-0.2, -0.15) is 0 Å². The number of hydrogen-bond donors (Lipinski definition) is 1. The van der Waals surface area contributed by atoms with E-state index < -0.39 is 5.60 Å². The molecule has 2 aromatic carbocycles. The van der Waals surface area contributed by atoms with Gasteiger partial charge in [0.15, 0.2) is 5.78 Å². The predicted octanol–water partition coefficient (Wildman–Crippen LogP) is 3.64. The van der Waals surface area contributed by atoms with Gasteiger partial charge in [-0.25, -0.2) is 0 Å². The smallest absolute Gasteiger partial charge is 0.162 e. The van der Waals surface area contributed by atoms with E-state index in [0.717, 1.165) is 42.9 Å². The standard InChI is InChI=1S/C22H27NO3/c1-26-21-12-6-5-10-19(21)22(25)13-16-23(17-14-22)15-7-11-20(24)18-8-3-2-4-9-18/h2-6,8-10,12,25H,7,11,13-17H2,1H3. The Balaban J connectivity index is 1.49. The molecule has 1 aliphatic rings. The van der Waals surface area contributed by atoms with Gasteiger partial charge in [0.05, 0.1) is 12.7 Å². The van der Waals surface area contributed by atoms with Crippen LogP contribution in [0.2, 0.25) is 0 Å². The molecule has 0 unspecified atom stereocenters. The minimum absolute atomic E-state index is 0.202. The van der Waals surface area contributed by atoms with Crippen molar-refractivity contribution in [1.29, 1.82) is 0 Å². The maximum absolute atomic E-state index is 12.2. The van der Waals surface area contributed by atoms with Gasteiger partial charge in [-0.3, -0.25) is 4.79 Å². The average Bonchev–Trinajstić information content (AvgIpc) is 2.70. The highest BCUT2D eigenvalue weighted by molar-refractivity contribution is 5.95. The van der Waals surface area contributed by atoms with Crippen molar-refractivity contribution in [3.8, 4) is 5.75 Å². The fraction of sp³-hybridized carbons (Fsp3) is 0.409. The average molecular weight is 353 g/mol. The van der Waals surface area contributed by atoms with Crippen molar-refractivity contribution in [2.75, 3.05) is 26.7 Å². The molecule has 0 saturated carbocycles. The maximum Gasteiger partial charge on any atom is 0.162 e. The van der Waals surface area contributed by atoms with Crippen LogP contribution in [0.25, 0.3) is 0 Å². The lowest BCUT2D eigenvalue weighted by atomic mass is 9.84. The molecule has 0 aromatic heterocycles. The summed E-state index contributed by atoms with van der Waals surface area (Å²) in [6, 6.07) is 17.2. The van der Waals surface area contributed by atoms with E-state index in [4.69, 9.17) is 4.74 Å². The zero-order valence-corrected chi connectivity index (χ0v) is 15.4. The third-order valence-electron chi connectivity index (χ3n) is 5.27. The third-order valence-corrected chi connectivity index (χ3v) is 5.27. The molecule has 0 amide bonds. The van der Waals surface area contributed by atoms with E-state index in [2.05, 4.69) is 4.90 Å². The zero-order valence-electron chi connectivity index (χ0n) is 15.4. The Kier molecular flexibility index (Phi) is 6.07. The van der Waals surface area contributed by atoms with Gasteiger partial charge in [0.25, 0.3) is 0 Å². The molecule has 0 spiro atoms. The Morgan fingerprint density at radius 2 is 1.73 bits per heavy atom. The van der Waals surface area contributed by atoms with Crippen molar-refractivity contribution in [1.82, 2.24) is 4.90 Å². The van der Waals surface area contributed by atoms with Crippen molar-refractivity contribution in [2.24, 2.45) is 0 Å². The summed E-state index contributed by atoms with van der Waals surface area (Å²) in [7, 11) is 1.64. The summed E-state index contributed by atoms with van der Waals surface area (Å²) in [6.07, 6.45) is 2.78. The summed E-state index contributed by atoms with van der Waals surface area (Å²) in [5.41, 5.74) is 0.835. The Bertz CT molecular complexity index is 721. The van der Waals surface area contributed by atoms with Gasteiger partial charge in [0, 0.05) is 30.6 Å². The van der Waals surface area contributed by atoms with E-state index in [-0.39, 0.29) is 5.78 Å². The first kappa shape index (κ1) is 18.6. The van der Waals surface area contributed by atoms with Gasteiger partial charge in [-0.1, -0.05) is 48.5 Å². The Hall–Kier alpha value is -2.17. The van der Waals surface area contributed by atoms with Crippen LogP contribution in [0, 0.1) is 0 Å². The molecule has 26 heavy (non-hydrogen) atoms. The first-order chi connectivity index (χ1) is 12.6. The Labute approximate surface area is 155 Å². The van der Waals surface area contributed by atoms with E-state index >= 15 is 0 Å². The number of para-hydroxylation sites is 1. The molecule has 3 rings (SSSR count). The van der Waals surface area contributed by atoms with Crippen LogP contribution in [-0.2, 0) is 5.60 Å². The fourth-order valence-corrected chi connectivity index (χ4v) is 3.68. The first-order valence-electron chi connectivity index (χ1n) is 9.29. The summed E-state index contributed by atoms with van der Waals surface area (Å²) in [5.74, 6) is 0.949. The van der Waals surface area contributed by atoms with E-state index in [1.165, 1.54) is 0 Å². The van der Waals surface area contributed by atoms with Crippen molar-refractivity contribution in [3.05, 3.63) is 65.7 Å². The van der Waals surface area contributed by atoms with Crippen molar-refractivity contribution >= 4 is 5.78 Å². The summed E-state index contributed by atoms with van der Waals surface area (Å²) in [6.45, 7) is 2.54. The van der Waals surface area contributed by atoms with Crippen LogP contribution in [0.15, 0.2) is 54.6 Å². The number of hydrogen-bond acceptors (Lipinski definition) is 4. The number of benzene rings is 2. The number of nitrogens with zero attached hydrogens (tertiary/aromatic N) is 1. The second kappa shape index (κ2) is 8.47. The van der Waals surface area contributed by atoms with Crippen LogP contribution in [0.1, 0.15) is 41.6 Å². The molecule has 0 bridgehead atoms. The van der Waals surface area contributed by atoms with Crippen molar-refractivity contribution < 1.29 is 14.6 Å². The van der Waals surface area contributed by atoms with Gasteiger partial charge in [-0.15, -0.1) is 0 Å². The number of ketones is 1. The van der Waals surface area contributed by atoms with E-state index in [1.807, 2.05) is 54.6 Å². The summed E-state index contributed by atoms with van der Waals surface area (Å²) >= 11 is 0. The van der Waals surface area contributed by atoms with E-state index in [1.54, 1.807) is 7.11 Å². The lowest BCUT2D eigenvalue weighted by Crippen LogP contribution is -2.43. The van der Waals surface area contributed by atoms with E-state index in [9.17, 15) is 9.90 Å². The van der Waals surface area contributed by atoms with Gasteiger partial charge < -0.3 is 14.7 Å². The van der Waals surface area contributed by atoms with Gasteiger partial charge >= 0.3 is 0 Å². The molecule has 1 saturated heterocycles. The number of rotatable bonds is 7. The molecule has 4 nitrogen and oxygen atoms in total. The van der Waals surface area contributed by atoms with Crippen LogP contribution in [0.5, 0.6) is 5.75 Å². The number of aliphatic hydroxyl groups is 1. The molecule has 1 heterocycles. The number of carbonyl (C=O) groups excluding carboxylic acids is 1. The number of likely N-dealkylation sites (tertiary alicyclic amines) is 1. The van der Waals surface area contributed by atoms with E-state index in [0.29, 0.717) is 19.3 Å². The predicted molar refractivity (Wildman–Crippen MR) is 103 cm³/mol. The molecule has 2 aromatic rings. The molecular weight excluding hydrogens is 326 g/mol. The van der Waals surface area contributed by atoms with Crippen LogP contribution < -0.4 is 4.74 Å². The molecule has 0 atom stereocenters. The quantitative estimate of drug-likeness (QED) is 0.772. The van der Waals surface area contributed by atoms with Crippen molar-refractivity contribution in [2.45, 2.75) is 31.3 Å². The second-order valence-corrected chi connectivity index (χ2v) is 6.97. The molecule has 0 aliphatic carbocycles. The van der Waals surface area contributed by atoms with Crippen LogP contribution >= 0.6 is 0 Å². The largest absolute Gasteiger partial charge is 0.496 e. The third kappa shape index (κ3) is 4.32. The minimum Gasteiger partial charge on any atom is -0.496 e.